The molecule has 0 unspecified atom stereocenters. The van der Waals surface area contributed by atoms with Crippen molar-refractivity contribution in [1.82, 2.24) is 0 Å². The van der Waals surface area contributed by atoms with Gasteiger partial charge in [-0.3, -0.25) is 0 Å². The molecule has 0 saturated heterocycles. The zero-order valence-corrected chi connectivity index (χ0v) is 8.58. The molecule has 0 saturated carbocycles. The third kappa shape index (κ3) is 25.0. The molecule has 0 N–H and O–H groups in total. The molecule has 0 aliphatic rings. The van der Waals surface area contributed by atoms with Crippen LogP contribution in [0.2, 0.25) is 0 Å². The standard InChI is InChI=1S/Br2O.2BrH/c1-3-2;;/h;2*1H. The minimum absolute atomic E-state index is 0. The molecule has 0 heterocycles. The second-order valence-corrected chi connectivity index (χ2v) is 1.57. The van der Waals surface area contributed by atoms with Crippen LogP contribution in [0.25, 0.3) is 0 Å². The van der Waals surface area contributed by atoms with Crippen molar-refractivity contribution in [2.45, 2.75) is 0 Å². The van der Waals surface area contributed by atoms with Crippen molar-refractivity contribution in [2.24, 2.45) is 0 Å². The smallest absolute Gasteiger partial charge is 0.115 e. The van der Waals surface area contributed by atoms with Gasteiger partial charge in [0, 0.05) is 0 Å². The summed E-state index contributed by atoms with van der Waals surface area (Å²) in [6.07, 6.45) is 0. The first-order valence-corrected chi connectivity index (χ1v) is 1.60. The molecule has 0 aliphatic carbocycles. The highest BCUT2D eigenvalue weighted by atomic mass is 79.9. The van der Waals surface area contributed by atoms with E-state index in [-0.39, 0.29) is 34.0 Å². The lowest BCUT2D eigenvalue weighted by atomic mass is 16.0. The zero-order valence-electron chi connectivity index (χ0n) is 1.98. The Bertz CT molecular complexity index is 3.61. The normalized spacial score (nSPS) is 3.60. The predicted molar refractivity (Wildman–Crippen MR) is 39.6 cm³/mol. The Morgan fingerprint density at radius 2 is 1.00 bits per heavy atom. The number of hydrogen-bond acceptors (Lipinski definition) is 1. The molecule has 0 fully saturated rings. The molecule has 1 nitrogen and oxygen atoms in total. The van der Waals surface area contributed by atoms with Gasteiger partial charge in [0.25, 0.3) is 0 Å². The van der Waals surface area contributed by atoms with Crippen LogP contribution < -0.4 is 0 Å². The summed E-state index contributed by atoms with van der Waals surface area (Å²) in [7, 11) is 0. The van der Waals surface area contributed by atoms with Gasteiger partial charge in [-0.2, -0.15) is 0 Å². The van der Waals surface area contributed by atoms with Crippen LogP contribution in [0.3, 0.4) is 0 Å². The Hall–Kier alpha value is 1.88. The van der Waals surface area contributed by atoms with Gasteiger partial charge in [-0.25, -0.2) is 2.92 Å². The van der Waals surface area contributed by atoms with Crippen molar-refractivity contribution in [3.63, 3.8) is 0 Å². The first kappa shape index (κ1) is 15.8. The van der Waals surface area contributed by atoms with E-state index in [9.17, 15) is 0 Å². The third-order valence-corrected chi connectivity index (χ3v) is 0. The maximum absolute atomic E-state index is 3.88. The van der Waals surface area contributed by atoms with Crippen LogP contribution in [-0.4, -0.2) is 0 Å². The zero-order chi connectivity index (χ0) is 2.71. The minimum Gasteiger partial charge on any atom is -0.230 e. The lowest BCUT2D eigenvalue weighted by molar-refractivity contribution is 0.838. The molecule has 0 aliphatic heterocycles. The van der Waals surface area contributed by atoms with E-state index in [1.807, 2.05) is 0 Å². The van der Waals surface area contributed by atoms with Gasteiger partial charge in [0.05, 0.1) is 0 Å². The molecule has 5 heavy (non-hydrogen) atoms. The van der Waals surface area contributed by atoms with Crippen LogP contribution in [-0.2, 0) is 2.92 Å². The summed E-state index contributed by atoms with van der Waals surface area (Å²) in [5, 5.41) is 0. The molecule has 36 valence electrons. The molecular weight excluding hydrogens is 336 g/mol. The summed E-state index contributed by atoms with van der Waals surface area (Å²) in [4.78, 5) is 0. The van der Waals surface area contributed by atoms with Crippen molar-refractivity contribution >= 4 is 66.5 Å². The molecule has 0 rings (SSSR count). The third-order valence-electron chi connectivity index (χ3n) is 0. The number of rotatable bonds is 0. The fourth-order valence-electron chi connectivity index (χ4n) is 0. The molecule has 0 aromatic rings. The largest absolute Gasteiger partial charge is 0.230 e. The van der Waals surface area contributed by atoms with E-state index in [2.05, 4.69) is 35.4 Å². The number of halogens is 4. The van der Waals surface area contributed by atoms with E-state index in [1.165, 1.54) is 0 Å². The lowest BCUT2D eigenvalue weighted by Crippen LogP contribution is -1.10. The fourth-order valence-corrected chi connectivity index (χ4v) is 0. The average Bonchev–Trinajstić information content (AvgIpc) is 0.918. The maximum atomic E-state index is 3.88. The van der Waals surface area contributed by atoms with Gasteiger partial charge in [-0.05, 0) is 0 Å². The second-order valence-electron chi connectivity index (χ2n) is 0.0583. The van der Waals surface area contributed by atoms with Gasteiger partial charge < -0.3 is 0 Å². The van der Waals surface area contributed by atoms with Gasteiger partial charge in [-0.1, -0.05) is 0 Å². The highest BCUT2D eigenvalue weighted by molar-refractivity contribution is 9.18. The predicted octanol–water partition coefficient (Wildman–Crippen LogP) is 2.78. The van der Waals surface area contributed by atoms with Crippen molar-refractivity contribution in [2.75, 3.05) is 0 Å². The van der Waals surface area contributed by atoms with E-state index in [0.29, 0.717) is 0 Å². The first-order valence-electron chi connectivity index (χ1n) is 0.309. The van der Waals surface area contributed by atoms with E-state index < -0.39 is 0 Å². The Kier molecular flexibility index (Phi) is 53.4. The molecule has 0 amide bonds. The summed E-state index contributed by atoms with van der Waals surface area (Å²) < 4.78 is 3.88. The van der Waals surface area contributed by atoms with E-state index in [0.717, 1.165) is 0 Å². The fraction of sp³-hybridized carbons (Fsp3) is 0. The van der Waals surface area contributed by atoms with E-state index in [1.54, 1.807) is 0 Å². The van der Waals surface area contributed by atoms with E-state index >= 15 is 0 Å². The Balaban J connectivity index is -0.0000000200. The van der Waals surface area contributed by atoms with Crippen LogP contribution in [0.15, 0.2) is 0 Å². The molecule has 0 radical (unpaired) electrons. The van der Waals surface area contributed by atoms with Crippen LogP contribution in [0.4, 0.5) is 0 Å². The number of hydrogen-bond donors (Lipinski definition) is 0. The van der Waals surface area contributed by atoms with Crippen molar-refractivity contribution in [1.29, 1.82) is 0 Å². The van der Waals surface area contributed by atoms with Gasteiger partial charge in [0.2, 0.25) is 0 Å². The molecular formula is H2Br4O. The van der Waals surface area contributed by atoms with Crippen molar-refractivity contribution in [3.05, 3.63) is 0 Å². The lowest BCUT2D eigenvalue weighted by Gasteiger charge is -1.48. The summed E-state index contributed by atoms with van der Waals surface area (Å²) in [5.41, 5.74) is 0. The first-order chi connectivity index (χ1) is 1.41. The summed E-state index contributed by atoms with van der Waals surface area (Å²) in [6.45, 7) is 0. The SMILES string of the molecule is Br.Br.BrOBr. The van der Waals surface area contributed by atoms with E-state index in [4.69, 9.17) is 0 Å². The topological polar surface area (TPSA) is 9.23 Å². The Morgan fingerprint density at radius 3 is 1.00 bits per heavy atom. The van der Waals surface area contributed by atoms with Gasteiger partial charge in [-0.15, -0.1) is 34.0 Å². The van der Waals surface area contributed by atoms with Crippen LogP contribution in [0.5, 0.6) is 0 Å². The Morgan fingerprint density at radius 1 is 1.00 bits per heavy atom. The highest BCUT2D eigenvalue weighted by Gasteiger charge is 1.37. The molecule has 0 spiro atoms. The molecule has 0 aromatic carbocycles. The summed E-state index contributed by atoms with van der Waals surface area (Å²) in [5.74, 6) is 0. The van der Waals surface area contributed by atoms with Crippen LogP contribution in [0, 0.1) is 0 Å². The maximum Gasteiger partial charge on any atom is 0.115 e. The average molecular weight is 338 g/mol. The highest BCUT2D eigenvalue weighted by Crippen LogP contribution is 1.88. The summed E-state index contributed by atoms with van der Waals surface area (Å²) >= 11 is 5.12. The Labute approximate surface area is 68.9 Å². The quantitative estimate of drug-likeness (QED) is 0.660. The van der Waals surface area contributed by atoms with Crippen LogP contribution in [0.1, 0.15) is 0 Å². The van der Waals surface area contributed by atoms with Crippen LogP contribution >= 0.6 is 66.5 Å². The minimum atomic E-state index is 0. The van der Waals surface area contributed by atoms with Gasteiger partial charge in [0.15, 0.2) is 0 Å². The van der Waals surface area contributed by atoms with Gasteiger partial charge in [0.1, 0.15) is 32.5 Å². The molecule has 0 bridgehead atoms. The molecule has 5 heteroatoms. The van der Waals surface area contributed by atoms with Gasteiger partial charge >= 0.3 is 0 Å². The molecule has 0 aromatic heterocycles. The monoisotopic (exact) mass is 334 g/mol. The second kappa shape index (κ2) is 16.9. The molecule has 0 atom stereocenters. The summed E-state index contributed by atoms with van der Waals surface area (Å²) in [6, 6.07) is 0. The van der Waals surface area contributed by atoms with Crippen molar-refractivity contribution in [3.8, 4) is 0 Å². The van der Waals surface area contributed by atoms with Crippen molar-refractivity contribution < 1.29 is 2.92 Å².